The Kier molecular flexibility index (Phi) is 6.55. The predicted octanol–water partition coefficient (Wildman–Crippen LogP) is -1.90. The number of hydrogen-bond acceptors (Lipinski definition) is 3. The van der Waals surface area contributed by atoms with Gasteiger partial charge in [0.15, 0.2) is 5.78 Å². The van der Waals surface area contributed by atoms with Crippen LogP contribution in [-0.2, 0) is 9.09 Å². The standard InChI is InChI=1S/C8H9O5P.Na.H/c9-8(6-13-14(10,11)12)7-4-2-1-3-5-7;;/h1-5H,6H2,(H2,10,11,12);;/q;+1;-1. The molecule has 0 aliphatic carbocycles. The quantitative estimate of drug-likeness (QED) is 0.364. The van der Waals surface area contributed by atoms with Crippen LogP contribution in [0.5, 0.6) is 0 Å². The van der Waals surface area contributed by atoms with Gasteiger partial charge in [0.05, 0.1) is 0 Å². The van der Waals surface area contributed by atoms with Gasteiger partial charge >= 0.3 is 37.4 Å². The van der Waals surface area contributed by atoms with Crippen LogP contribution in [0.25, 0.3) is 0 Å². The number of carbonyl (C=O) groups excluding carboxylic acids is 1. The van der Waals surface area contributed by atoms with Crippen LogP contribution in [0.1, 0.15) is 11.8 Å². The minimum absolute atomic E-state index is 0. The van der Waals surface area contributed by atoms with Crippen LogP contribution in [0.4, 0.5) is 0 Å². The van der Waals surface area contributed by atoms with E-state index in [4.69, 9.17) is 9.79 Å². The zero-order valence-electron chi connectivity index (χ0n) is 9.16. The number of hydrogen-bond donors (Lipinski definition) is 2. The van der Waals surface area contributed by atoms with Gasteiger partial charge in [0.1, 0.15) is 6.61 Å². The fourth-order valence-corrected chi connectivity index (χ4v) is 1.14. The third-order valence-electron chi connectivity index (χ3n) is 1.46. The molecular weight excluding hydrogens is 230 g/mol. The number of phosphoric acid groups is 1. The van der Waals surface area contributed by atoms with Gasteiger partial charge < -0.3 is 11.2 Å². The molecule has 15 heavy (non-hydrogen) atoms. The van der Waals surface area contributed by atoms with Gasteiger partial charge in [-0.3, -0.25) is 9.32 Å². The molecule has 1 aromatic carbocycles. The Bertz CT molecular complexity index is 366. The van der Waals surface area contributed by atoms with Crippen molar-refractivity contribution >= 4 is 13.6 Å². The van der Waals surface area contributed by atoms with E-state index in [-0.39, 0.29) is 31.0 Å². The summed E-state index contributed by atoms with van der Waals surface area (Å²) in [5.74, 6) is -0.464. The van der Waals surface area contributed by atoms with Gasteiger partial charge in [-0.05, 0) is 0 Å². The summed E-state index contributed by atoms with van der Waals surface area (Å²) < 4.78 is 14.3. The van der Waals surface area contributed by atoms with Crippen molar-refractivity contribution < 1.29 is 54.7 Å². The van der Waals surface area contributed by atoms with E-state index in [1.54, 1.807) is 30.3 Å². The van der Waals surface area contributed by atoms with Crippen molar-refractivity contribution in [3.63, 3.8) is 0 Å². The van der Waals surface area contributed by atoms with E-state index in [0.717, 1.165) is 0 Å². The summed E-state index contributed by atoms with van der Waals surface area (Å²) >= 11 is 0. The Morgan fingerprint density at radius 1 is 1.33 bits per heavy atom. The van der Waals surface area contributed by atoms with E-state index in [2.05, 4.69) is 4.52 Å². The SMILES string of the molecule is O=C(COP(=O)(O)O)c1ccccc1.[H-].[Na+]. The molecular formula is C8H10NaO5P. The van der Waals surface area contributed by atoms with Crippen molar-refractivity contribution in [1.82, 2.24) is 0 Å². The van der Waals surface area contributed by atoms with E-state index >= 15 is 0 Å². The first-order valence-electron chi connectivity index (χ1n) is 3.77. The van der Waals surface area contributed by atoms with Crippen molar-refractivity contribution in [2.24, 2.45) is 0 Å². The van der Waals surface area contributed by atoms with E-state index in [1.807, 2.05) is 0 Å². The minimum atomic E-state index is -4.56. The average molecular weight is 240 g/mol. The zero-order valence-corrected chi connectivity index (χ0v) is 11.1. The van der Waals surface area contributed by atoms with Crippen LogP contribution in [0.15, 0.2) is 30.3 Å². The third kappa shape index (κ3) is 6.22. The van der Waals surface area contributed by atoms with Crippen LogP contribution in [0.2, 0.25) is 0 Å². The second-order valence-corrected chi connectivity index (χ2v) is 3.79. The molecule has 0 spiro atoms. The molecule has 7 heteroatoms. The average Bonchev–Trinajstić information content (AvgIpc) is 2.14. The van der Waals surface area contributed by atoms with Gasteiger partial charge in [0.25, 0.3) is 0 Å². The third-order valence-corrected chi connectivity index (χ3v) is 1.93. The Morgan fingerprint density at radius 2 is 1.87 bits per heavy atom. The number of carbonyl (C=O) groups is 1. The second-order valence-electron chi connectivity index (χ2n) is 2.55. The summed E-state index contributed by atoms with van der Waals surface area (Å²) in [5.41, 5.74) is 0.362. The molecule has 0 bridgehead atoms. The van der Waals surface area contributed by atoms with E-state index < -0.39 is 20.2 Å². The first kappa shape index (κ1) is 15.0. The first-order valence-corrected chi connectivity index (χ1v) is 5.30. The van der Waals surface area contributed by atoms with Gasteiger partial charge in [0.2, 0.25) is 0 Å². The van der Waals surface area contributed by atoms with Crippen LogP contribution in [0, 0.1) is 0 Å². The maximum atomic E-state index is 11.2. The van der Waals surface area contributed by atoms with Crippen LogP contribution < -0.4 is 29.6 Å². The monoisotopic (exact) mass is 240 g/mol. The van der Waals surface area contributed by atoms with Crippen LogP contribution in [-0.4, -0.2) is 22.2 Å². The van der Waals surface area contributed by atoms with Gasteiger partial charge in [0, 0.05) is 5.56 Å². The molecule has 0 saturated heterocycles. The Hall–Kier alpha value is 0. The molecule has 0 aliphatic heterocycles. The molecule has 0 aliphatic rings. The fraction of sp³-hybridized carbons (Fsp3) is 0.125. The van der Waals surface area contributed by atoms with E-state index in [9.17, 15) is 9.36 Å². The van der Waals surface area contributed by atoms with Crippen molar-refractivity contribution in [3.05, 3.63) is 35.9 Å². The van der Waals surface area contributed by atoms with Crippen molar-refractivity contribution in [1.29, 1.82) is 0 Å². The molecule has 1 rings (SSSR count). The smallest absolute Gasteiger partial charge is 1.00 e. The summed E-state index contributed by atoms with van der Waals surface area (Å²) in [6.07, 6.45) is 0. The fourth-order valence-electron chi connectivity index (χ4n) is 0.850. The molecule has 0 aromatic heterocycles. The molecule has 0 fully saturated rings. The Labute approximate surface area is 110 Å². The van der Waals surface area contributed by atoms with Crippen LogP contribution in [0.3, 0.4) is 0 Å². The number of benzene rings is 1. The maximum Gasteiger partial charge on any atom is 1.00 e. The summed E-state index contributed by atoms with van der Waals surface area (Å²) in [5, 5.41) is 0. The van der Waals surface area contributed by atoms with Gasteiger partial charge in [-0.2, -0.15) is 0 Å². The summed E-state index contributed by atoms with van der Waals surface area (Å²) in [6, 6.07) is 8.15. The first-order chi connectivity index (χ1) is 6.49. The van der Waals surface area contributed by atoms with E-state index in [0.29, 0.717) is 5.56 Å². The molecule has 0 unspecified atom stereocenters. The molecule has 0 saturated carbocycles. The summed E-state index contributed by atoms with van der Waals surface area (Å²) in [6.45, 7) is -0.617. The maximum absolute atomic E-state index is 11.2. The van der Waals surface area contributed by atoms with Gasteiger partial charge in [-0.25, -0.2) is 4.57 Å². The molecule has 5 nitrogen and oxygen atoms in total. The Balaban J connectivity index is 0. The molecule has 78 valence electrons. The summed E-state index contributed by atoms with van der Waals surface area (Å²) in [7, 11) is -4.56. The molecule has 1 aromatic rings. The van der Waals surface area contributed by atoms with Crippen molar-refractivity contribution in [3.8, 4) is 0 Å². The minimum Gasteiger partial charge on any atom is -1.00 e. The molecule has 0 heterocycles. The molecule has 0 amide bonds. The second kappa shape index (κ2) is 6.55. The van der Waals surface area contributed by atoms with Crippen molar-refractivity contribution in [2.45, 2.75) is 0 Å². The number of ketones is 1. The normalized spacial score (nSPS) is 10.5. The number of phosphoric ester groups is 1. The van der Waals surface area contributed by atoms with Crippen molar-refractivity contribution in [2.75, 3.05) is 6.61 Å². The Morgan fingerprint density at radius 3 is 2.33 bits per heavy atom. The topological polar surface area (TPSA) is 83.8 Å². The molecule has 2 N–H and O–H groups in total. The number of Topliss-reactive ketones (excluding diaryl/α,β-unsaturated/α-hetero) is 1. The van der Waals surface area contributed by atoms with Gasteiger partial charge in [-0.1, -0.05) is 30.3 Å². The largest absolute Gasteiger partial charge is 1.00 e. The number of rotatable bonds is 4. The zero-order chi connectivity index (χ0) is 10.6. The van der Waals surface area contributed by atoms with Gasteiger partial charge in [-0.15, -0.1) is 0 Å². The molecule has 0 radical (unpaired) electrons. The predicted molar refractivity (Wildman–Crippen MR) is 49.9 cm³/mol. The van der Waals surface area contributed by atoms with E-state index in [1.165, 1.54) is 0 Å². The van der Waals surface area contributed by atoms with Crippen LogP contribution >= 0.6 is 7.82 Å². The summed E-state index contributed by atoms with van der Waals surface area (Å²) in [4.78, 5) is 27.9. The molecule has 0 atom stereocenters.